The van der Waals surface area contributed by atoms with Gasteiger partial charge in [0.15, 0.2) is 67.1 Å². The molecule has 0 saturated heterocycles. The van der Waals surface area contributed by atoms with Gasteiger partial charge in [0.2, 0.25) is 0 Å². The van der Waals surface area contributed by atoms with Crippen LogP contribution in [0.25, 0.3) is 0 Å². The SMILES string of the molecule is CB(C)C1CCCC1.CB(C)C1CCCC1.CB(C)c1cc2c(B(C)C)cc1CCCc1cc(B(C)C)c(cc1B(C)C)CCC2.CB(C)c1ccc(B(C)C)c2c1C1c3c(B(C)C)ccc(B(C)C)c3C2c2c(B(C)C)ccc(B(C)C)c21.[Fe]. The van der Waals surface area contributed by atoms with Crippen molar-refractivity contribution in [1.82, 2.24) is 0 Å². The molecule has 0 spiro atoms. The zero-order valence-electron chi connectivity index (χ0n) is 59.3. The average Bonchev–Trinajstić information content (AvgIpc) is 0.821. The van der Waals surface area contributed by atoms with Gasteiger partial charge in [0.1, 0.15) is 13.4 Å². The van der Waals surface area contributed by atoms with Crippen LogP contribution in [0, 0.1) is 0 Å². The predicted octanol–water partition coefficient (Wildman–Crippen LogP) is 14.0. The molecule has 446 valence electrons. The van der Waals surface area contributed by atoms with Crippen molar-refractivity contribution >= 4 is 135 Å². The minimum absolute atomic E-state index is 0. The second kappa shape index (κ2) is 31.4. The molecule has 0 atom stereocenters. The molecule has 9 aliphatic carbocycles. The molecule has 0 N–H and O–H groups in total. The molecule has 14 rings (SSSR count). The van der Waals surface area contributed by atoms with Gasteiger partial charge < -0.3 is 0 Å². The van der Waals surface area contributed by atoms with Crippen molar-refractivity contribution in [2.24, 2.45) is 0 Å². The van der Waals surface area contributed by atoms with Gasteiger partial charge >= 0.3 is 0 Å². The van der Waals surface area contributed by atoms with Crippen LogP contribution in [0.3, 0.4) is 0 Å². The van der Waals surface area contributed by atoms with Crippen LogP contribution in [-0.2, 0) is 42.8 Å². The fourth-order valence-corrected chi connectivity index (χ4v) is 16.5. The Labute approximate surface area is 541 Å². The van der Waals surface area contributed by atoms with Crippen LogP contribution in [0.1, 0.15) is 132 Å². The maximum Gasteiger partial charge on any atom is 0.170 e. The van der Waals surface area contributed by atoms with Crippen LogP contribution in [0.4, 0.5) is 0 Å². The molecule has 2 saturated carbocycles. The van der Waals surface area contributed by atoms with E-state index in [0.29, 0.717) is 79.0 Å². The summed E-state index contributed by atoms with van der Waals surface area (Å²) in [4.78, 5) is 0. The topological polar surface area (TPSA) is 0 Å². The Morgan fingerprint density at radius 2 is 0.400 bits per heavy atom. The van der Waals surface area contributed by atoms with Crippen LogP contribution >= 0.6 is 0 Å². The first-order chi connectivity index (χ1) is 39.7. The molecule has 85 heavy (non-hydrogen) atoms. The van der Waals surface area contributed by atoms with E-state index >= 15 is 0 Å². The maximum absolute atomic E-state index is 2.58. The third-order valence-corrected chi connectivity index (χ3v) is 21.3. The largest absolute Gasteiger partial charge is 0.170 e. The summed E-state index contributed by atoms with van der Waals surface area (Å²) in [7, 11) is 0. The molecule has 2 fully saturated rings. The Hall–Kier alpha value is -2.60. The molecule has 0 heterocycles. The minimum atomic E-state index is 0. The summed E-state index contributed by atoms with van der Waals surface area (Å²) in [5.41, 5.74) is 32.0. The first-order valence-electron chi connectivity index (χ1n) is 35.5. The standard InChI is InChI=1S/C32H44B6.C26H40B4.2C7H15B.Fe/c1-33(2)19-13-14-20(34(3)4)26-25(19)31-27-21(35(5)6)15-17-23(37(9)10)29(27)32(26)30-24(38(11)12)18-16-22(28(30)31)36(7)8;1-27(2)23-15-20-12-10-14-22-18-25(29(5)6)21(17-26(22)30(7)8)13-9-11-19(23)16-24(20)28(3)4;2*1-8(2)7-5-3-4-6-7;/h13-18,31-32H,1-12H3;15-18H,9-14H2,1-8H3;2*7H,3-6H2,1-2H3;. The van der Waals surface area contributed by atoms with Gasteiger partial charge in [0.05, 0.1) is 0 Å². The van der Waals surface area contributed by atoms with E-state index in [-0.39, 0.29) is 17.1 Å². The second-order valence-corrected chi connectivity index (χ2v) is 31.4. The monoisotopic (exact) mass is 1170 g/mol. The van der Waals surface area contributed by atoms with Crippen LogP contribution in [0.2, 0.25) is 175 Å². The van der Waals surface area contributed by atoms with Crippen molar-refractivity contribution in [3.8, 4) is 0 Å². The van der Waals surface area contributed by atoms with E-state index in [2.05, 4.69) is 224 Å². The Kier molecular flexibility index (Phi) is 26.4. The van der Waals surface area contributed by atoms with E-state index in [1.165, 1.54) is 89.9 Å². The van der Waals surface area contributed by atoms with Crippen molar-refractivity contribution in [1.29, 1.82) is 0 Å². The van der Waals surface area contributed by atoms with Crippen LogP contribution < -0.4 is 54.6 Å². The molecule has 0 aliphatic heterocycles. The molecule has 5 aromatic carbocycles. The van der Waals surface area contributed by atoms with Crippen molar-refractivity contribution in [3.05, 3.63) is 116 Å². The Morgan fingerprint density at radius 1 is 0.235 bits per heavy atom. The zero-order valence-corrected chi connectivity index (χ0v) is 60.4. The van der Waals surface area contributed by atoms with E-state index in [0.717, 1.165) is 25.1 Å². The molecule has 0 nitrogen and oxygen atoms in total. The van der Waals surface area contributed by atoms with E-state index in [1.54, 1.807) is 110 Å². The third-order valence-electron chi connectivity index (χ3n) is 21.3. The molecule has 0 radical (unpaired) electrons. The summed E-state index contributed by atoms with van der Waals surface area (Å²) < 4.78 is 0. The average molecular weight is 1170 g/mol. The van der Waals surface area contributed by atoms with Crippen molar-refractivity contribution in [2.45, 2.75) is 277 Å². The fraction of sp³-hybridized carbons (Fsp3) is 0.583. The van der Waals surface area contributed by atoms with Gasteiger partial charge in [0.25, 0.3) is 0 Å². The fourth-order valence-electron chi connectivity index (χ4n) is 16.5. The molecule has 6 bridgehead atoms. The van der Waals surface area contributed by atoms with Gasteiger partial charge in [-0.25, -0.2) is 0 Å². The summed E-state index contributed by atoms with van der Waals surface area (Å²) in [6, 6.07) is 25.2. The quantitative estimate of drug-likeness (QED) is 0.107. The van der Waals surface area contributed by atoms with E-state index < -0.39 is 0 Å². The van der Waals surface area contributed by atoms with Gasteiger partial charge in [-0.1, -0.05) is 364 Å². The molecule has 9 aliphatic rings. The van der Waals surface area contributed by atoms with Crippen LogP contribution in [-0.4, -0.2) is 80.6 Å². The van der Waals surface area contributed by atoms with Crippen LogP contribution in [0.15, 0.2) is 60.7 Å². The smallest absolute Gasteiger partial charge is 0.0861 e. The van der Waals surface area contributed by atoms with E-state index in [9.17, 15) is 0 Å². The normalized spacial score (nSPS) is 16.3. The maximum atomic E-state index is 2.58. The van der Waals surface area contributed by atoms with Crippen molar-refractivity contribution in [2.75, 3.05) is 0 Å². The summed E-state index contributed by atoms with van der Waals surface area (Å²) in [6.45, 7) is 64.4. The van der Waals surface area contributed by atoms with Crippen LogP contribution in [0.5, 0.6) is 0 Å². The zero-order chi connectivity index (χ0) is 61.8. The van der Waals surface area contributed by atoms with Gasteiger partial charge in [-0.05, 0) is 71.9 Å². The number of aryl methyl sites for hydroxylation is 4. The first-order valence-corrected chi connectivity index (χ1v) is 35.5. The van der Waals surface area contributed by atoms with Gasteiger partial charge in [-0.2, -0.15) is 0 Å². The van der Waals surface area contributed by atoms with Gasteiger partial charge in [-0.3, -0.25) is 0 Å². The summed E-state index contributed by atoms with van der Waals surface area (Å²) in [5, 5.41) is 0. The summed E-state index contributed by atoms with van der Waals surface area (Å²) in [5.74, 6) is 2.77. The molecular weight excluding hydrogens is 1050 g/mol. The summed E-state index contributed by atoms with van der Waals surface area (Å²) >= 11 is 0. The first kappa shape index (κ1) is 71.5. The van der Waals surface area contributed by atoms with Crippen molar-refractivity contribution < 1.29 is 17.1 Å². The molecule has 0 aromatic heterocycles. The Morgan fingerprint density at radius 3 is 0.529 bits per heavy atom. The molecule has 5 aromatic rings. The number of rotatable bonds is 12. The number of benzene rings is 5. The third kappa shape index (κ3) is 16.1. The number of hydrogen-bond donors (Lipinski definition) is 0. The van der Waals surface area contributed by atoms with Gasteiger partial charge in [-0.15, -0.1) is 0 Å². The molecular formula is C72H114B12Fe. The second-order valence-electron chi connectivity index (χ2n) is 31.4. The van der Waals surface area contributed by atoms with E-state index in [1.807, 2.05) is 0 Å². The molecule has 13 heteroatoms. The molecule has 0 unspecified atom stereocenters. The number of hydrogen-bond acceptors (Lipinski definition) is 0. The summed E-state index contributed by atoms with van der Waals surface area (Å²) in [6.07, 6.45) is 19.2. The minimum Gasteiger partial charge on any atom is -0.0861 e. The Balaban J connectivity index is 0.000000216. The van der Waals surface area contributed by atoms with E-state index in [4.69, 9.17) is 0 Å². The predicted molar refractivity (Wildman–Crippen MR) is 409 cm³/mol. The Bertz CT molecular complexity index is 2550. The van der Waals surface area contributed by atoms with Crippen molar-refractivity contribution in [3.63, 3.8) is 0 Å². The van der Waals surface area contributed by atoms with Gasteiger partial charge in [0, 0.05) is 28.9 Å². The molecule has 0 amide bonds.